The van der Waals surface area contributed by atoms with E-state index in [4.69, 9.17) is 9.84 Å². The Kier molecular flexibility index (Phi) is 7.64. The quantitative estimate of drug-likeness (QED) is 0.633. The van der Waals surface area contributed by atoms with Gasteiger partial charge in [0.25, 0.3) is 0 Å². The first-order valence-corrected chi connectivity index (χ1v) is 10.1. The van der Waals surface area contributed by atoms with Gasteiger partial charge in [-0.05, 0) is 42.4 Å². The molecule has 2 amide bonds. The van der Waals surface area contributed by atoms with E-state index in [1.165, 1.54) is 0 Å². The summed E-state index contributed by atoms with van der Waals surface area (Å²) in [5.74, 6) is -1.01. The predicted octanol–water partition coefficient (Wildman–Crippen LogP) is 3.85. The Bertz CT molecular complexity index is 784. The average molecular weight is 396 g/mol. The second-order valence-electron chi connectivity index (χ2n) is 7.51. The van der Waals surface area contributed by atoms with Gasteiger partial charge in [0, 0.05) is 12.6 Å². The van der Waals surface area contributed by atoms with E-state index in [0.29, 0.717) is 45.4 Å². The summed E-state index contributed by atoms with van der Waals surface area (Å²) < 4.78 is 5.73. The van der Waals surface area contributed by atoms with Gasteiger partial charge >= 0.3 is 12.0 Å². The summed E-state index contributed by atoms with van der Waals surface area (Å²) in [6, 6.07) is 17.9. The van der Waals surface area contributed by atoms with Crippen LogP contribution in [0.5, 0.6) is 0 Å². The van der Waals surface area contributed by atoms with Gasteiger partial charge in [0.1, 0.15) is 0 Å². The summed E-state index contributed by atoms with van der Waals surface area (Å²) in [5.41, 5.74) is 3.25. The molecule has 1 saturated carbocycles. The molecule has 0 heterocycles. The molecule has 0 spiro atoms. The van der Waals surface area contributed by atoms with E-state index in [1.807, 2.05) is 54.6 Å². The number of hydrogen-bond donors (Lipinski definition) is 3. The van der Waals surface area contributed by atoms with Gasteiger partial charge in [-0.1, -0.05) is 54.6 Å². The molecule has 2 aromatic carbocycles. The smallest absolute Gasteiger partial charge is 0.315 e. The van der Waals surface area contributed by atoms with Crippen molar-refractivity contribution in [3.05, 3.63) is 71.3 Å². The zero-order chi connectivity index (χ0) is 20.5. The van der Waals surface area contributed by atoms with Gasteiger partial charge in [0.05, 0.1) is 19.1 Å². The minimum atomic E-state index is -0.734. The molecular formula is C23H28N2O4. The maximum atomic E-state index is 12.1. The molecule has 1 aliphatic carbocycles. The molecule has 0 aromatic heterocycles. The second kappa shape index (κ2) is 10.6. The number of amides is 2. The normalized spacial score (nSPS) is 18.8. The van der Waals surface area contributed by atoms with Crippen LogP contribution >= 0.6 is 0 Å². The Balaban J connectivity index is 1.34. The number of carbonyl (C=O) groups is 2. The first-order valence-electron chi connectivity index (χ1n) is 10.1. The van der Waals surface area contributed by atoms with Crippen LogP contribution < -0.4 is 10.6 Å². The number of aliphatic carboxylic acids is 1. The molecule has 0 unspecified atom stereocenters. The number of carboxylic acids is 1. The number of hydrogen-bond acceptors (Lipinski definition) is 3. The Hall–Kier alpha value is -2.86. The van der Waals surface area contributed by atoms with Gasteiger partial charge in [-0.3, -0.25) is 4.79 Å². The molecule has 2 aromatic rings. The number of carbonyl (C=O) groups excluding carboxylic acids is 1. The number of nitrogens with one attached hydrogen (secondary N) is 2. The summed E-state index contributed by atoms with van der Waals surface area (Å²) in [6.07, 6.45) is 2.66. The van der Waals surface area contributed by atoms with Crippen LogP contribution in [0.3, 0.4) is 0 Å². The Morgan fingerprint density at radius 1 is 0.862 bits per heavy atom. The van der Waals surface area contributed by atoms with Crippen LogP contribution in [0.2, 0.25) is 0 Å². The molecule has 6 nitrogen and oxygen atoms in total. The highest BCUT2D eigenvalue weighted by atomic mass is 16.5. The third-order valence-corrected chi connectivity index (χ3v) is 5.27. The van der Waals surface area contributed by atoms with Crippen LogP contribution in [0, 0.1) is 5.92 Å². The topological polar surface area (TPSA) is 87.7 Å². The number of benzene rings is 2. The lowest BCUT2D eigenvalue weighted by atomic mass is 9.86. The van der Waals surface area contributed by atoms with Crippen LogP contribution in [-0.2, 0) is 29.3 Å². The molecule has 3 N–H and O–H groups in total. The number of carboxylic acid groups (broad SMARTS) is 1. The minimum absolute atomic E-state index is 0.0507. The fraction of sp³-hybridized carbons (Fsp3) is 0.391. The van der Waals surface area contributed by atoms with Crippen molar-refractivity contribution < 1.29 is 19.4 Å². The van der Waals surface area contributed by atoms with Crippen molar-refractivity contribution in [2.75, 3.05) is 0 Å². The molecule has 154 valence electrons. The number of urea groups is 1. The van der Waals surface area contributed by atoms with Crippen LogP contribution in [0.25, 0.3) is 0 Å². The highest BCUT2D eigenvalue weighted by Crippen LogP contribution is 2.24. The van der Waals surface area contributed by atoms with E-state index < -0.39 is 5.97 Å². The average Bonchev–Trinajstić information content (AvgIpc) is 2.74. The summed E-state index contributed by atoms with van der Waals surface area (Å²) in [4.78, 5) is 23.1. The molecular weight excluding hydrogens is 368 g/mol. The lowest BCUT2D eigenvalue weighted by Crippen LogP contribution is -2.43. The van der Waals surface area contributed by atoms with Gasteiger partial charge in [0.15, 0.2) is 0 Å². The third kappa shape index (κ3) is 6.91. The zero-order valence-corrected chi connectivity index (χ0v) is 16.5. The van der Waals surface area contributed by atoms with Crippen LogP contribution in [0.1, 0.15) is 42.4 Å². The summed E-state index contributed by atoms with van der Waals surface area (Å²) in [6.45, 7) is 1.57. The van der Waals surface area contributed by atoms with Crippen molar-refractivity contribution in [1.29, 1.82) is 0 Å². The molecule has 1 fully saturated rings. The van der Waals surface area contributed by atoms with Crippen LogP contribution in [-0.4, -0.2) is 23.1 Å². The van der Waals surface area contributed by atoms with Crippen LogP contribution in [0.15, 0.2) is 54.6 Å². The maximum Gasteiger partial charge on any atom is 0.315 e. The Labute approximate surface area is 171 Å². The van der Waals surface area contributed by atoms with E-state index >= 15 is 0 Å². The van der Waals surface area contributed by atoms with Crippen LogP contribution in [0.4, 0.5) is 4.79 Å². The lowest BCUT2D eigenvalue weighted by Gasteiger charge is -2.26. The summed E-state index contributed by atoms with van der Waals surface area (Å²) in [5, 5.41) is 14.8. The van der Waals surface area contributed by atoms with Gasteiger partial charge < -0.3 is 20.5 Å². The molecule has 3 rings (SSSR count). The van der Waals surface area contributed by atoms with E-state index in [-0.39, 0.29) is 18.0 Å². The molecule has 6 heteroatoms. The van der Waals surface area contributed by atoms with Crippen molar-refractivity contribution in [3.8, 4) is 0 Å². The second-order valence-corrected chi connectivity index (χ2v) is 7.51. The summed E-state index contributed by atoms with van der Waals surface area (Å²) >= 11 is 0. The van der Waals surface area contributed by atoms with Crippen molar-refractivity contribution >= 4 is 12.0 Å². The van der Waals surface area contributed by atoms with E-state index in [2.05, 4.69) is 10.6 Å². The van der Waals surface area contributed by atoms with E-state index in [0.717, 1.165) is 16.7 Å². The van der Waals surface area contributed by atoms with Gasteiger partial charge in [-0.15, -0.1) is 0 Å². The lowest BCUT2D eigenvalue weighted by molar-refractivity contribution is -0.142. The zero-order valence-electron chi connectivity index (χ0n) is 16.5. The van der Waals surface area contributed by atoms with Crippen molar-refractivity contribution in [1.82, 2.24) is 10.6 Å². The summed E-state index contributed by atoms with van der Waals surface area (Å²) in [7, 11) is 0. The Morgan fingerprint density at radius 3 is 2.07 bits per heavy atom. The fourth-order valence-corrected chi connectivity index (χ4v) is 3.52. The highest BCUT2D eigenvalue weighted by molar-refractivity contribution is 5.74. The van der Waals surface area contributed by atoms with Crippen molar-refractivity contribution in [3.63, 3.8) is 0 Å². The van der Waals surface area contributed by atoms with Crippen molar-refractivity contribution in [2.24, 2.45) is 5.92 Å². The maximum absolute atomic E-state index is 12.1. The molecule has 1 aliphatic rings. The molecule has 0 saturated heterocycles. The molecule has 0 aliphatic heterocycles. The number of ether oxygens (including phenoxy) is 1. The third-order valence-electron chi connectivity index (χ3n) is 5.27. The fourth-order valence-electron chi connectivity index (χ4n) is 3.52. The van der Waals surface area contributed by atoms with E-state index in [9.17, 15) is 9.59 Å². The monoisotopic (exact) mass is 396 g/mol. The number of rotatable bonds is 8. The first kappa shape index (κ1) is 20.9. The van der Waals surface area contributed by atoms with E-state index in [1.54, 1.807) is 0 Å². The van der Waals surface area contributed by atoms with Gasteiger partial charge in [-0.25, -0.2) is 4.79 Å². The van der Waals surface area contributed by atoms with Crippen molar-refractivity contribution in [2.45, 2.75) is 51.5 Å². The molecule has 0 atom stereocenters. The minimum Gasteiger partial charge on any atom is -0.481 e. The first-order chi connectivity index (χ1) is 14.1. The molecule has 0 bridgehead atoms. The standard InChI is InChI=1S/C23H28N2O4/c26-22(27)20-10-12-21(13-11-20)25-23(28)24-14-17-6-8-19(9-7-17)16-29-15-18-4-2-1-3-5-18/h1-9,20-21H,10-16H2,(H,26,27)(H2,24,25,28). The van der Waals surface area contributed by atoms with Gasteiger partial charge in [-0.2, -0.15) is 0 Å². The molecule has 29 heavy (non-hydrogen) atoms. The SMILES string of the molecule is O=C(NCc1ccc(COCc2ccccc2)cc1)NC1CCC(C(=O)O)CC1. The van der Waals surface area contributed by atoms with Gasteiger partial charge in [0.2, 0.25) is 0 Å². The Morgan fingerprint density at radius 2 is 1.45 bits per heavy atom. The highest BCUT2D eigenvalue weighted by Gasteiger charge is 2.26. The predicted molar refractivity (Wildman–Crippen MR) is 110 cm³/mol. The largest absolute Gasteiger partial charge is 0.481 e. The molecule has 0 radical (unpaired) electrons.